The molecule has 0 fully saturated rings. The zero-order chi connectivity index (χ0) is 28.0. The highest BCUT2D eigenvalue weighted by molar-refractivity contribution is 6.24. The SMILES string of the molecule is CC(C)(C)OC(=O)N1Cc2cc(C3(Cl)CC=C(c4cccc(OC(F)(F)F)c4)CC3)ccc2-n2cnnc2C1. The molecule has 0 radical (unpaired) electrons. The molecule has 1 amide bonds. The quantitative estimate of drug-likeness (QED) is 0.319. The maximum Gasteiger partial charge on any atom is 0.573 e. The zero-order valence-corrected chi connectivity index (χ0v) is 22.5. The molecule has 2 aromatic carbocycles. The number of rotatable bonds is 3. The maximum absolute atomic E-state index is 13.0. The summed E-state index contributed by atoms with van der Waals surface area (Å²) in [6.45, 7) is 6.01. The molecule has 0 saturated heterocycles. The summed E-state index contributed by atoms with van der Waals surface area (Å²) in [6.07, 6.45) is 0.0449. The van der Waals surface area contributed by atoms with Crippen molar-refractivity contribution in [1.29, 1.82) is 0 Å². The summed E-state index contributed by atoms with van der Waals surface area (Å²) in [7, 11) is 0. The van der Waals surface area contributed by atoms with Crippen molar-refractivity contribution < 1.29 is 27.4 Å². The van der Waals surface area contributed by atoms with E-state index in [1.165, 1.54) is 12.1 Å². The first-order chi connectivity index (χ1) is 18.3. The number of hydrogen-bond donors (Lipinski definition) is 0. The highest BCUT2D eigenvalue weighted by atomic mass is 35.5. The predicted molar refractivity (Wildman–Crippen MR) is 139 cm³/mol. The van der Waals surface area contributed by atoms with E-state index in [2.05, 4.69) is 14.9 Å². The molecule has 0 spiro atoms. The highest BCUT2D eigenvalue weighted by Crippen LogP contribution is 2.45. The first-order valence-electron chi connectivity index (χ1n) is 12.5. The Labute approximate surface area is 229 Å². The first kappa shape index (κ1) is 27.1. The van der Waals surface area contributed by atoms with E-state index in [0.29, 0.717) is 37.2 Å². The minimum absolute atomic E-state index is 0.244. The fourth-order valence-electron chi connectivity index (χ4n) is 4.92. The lowest BCUT2D eigenvalue weighted by Crippen LogP contribution is -2.36. The summed E-state index contributed by atoms with van der Waals surface area (Å²) in [4.78, 5) is 13.9. The molecule has 1 aliphatic carbocycles. The van der Waals surface area contributed by atoms with Crippen molar-refractivity contribution in [2.24, 2.45) is 0 Å². The third-order valence-corrected chi connectivity index (χ3v) is 7.28. The van der Waals surface area contributed by atoms with Crippen LogP contribution in [0.3, 0.4) is 0 Å². The number of ether oxygens (including phenoxy) is 2. The Morgan fingerprint density at radius 1 is 1.10 bits per heavy atom. The van der Waals surface area contributed by atoms with Crippen LogP contribution in [-0.2, 0) is 22.7 Å². The van der Waals surface area contributed by atoms with Gasteiger partial charge in [-0.1, -0.05) is 30.3 Å². The Bertz CT molecular complexity index is 1430. The average molecular weight is 561 g/mol. The first-order valence-corrected chi connectivity index (χ1v) is 12.9. The summed E-state index contributed by atoms with van der Waals surface area (Å²) in [5.74, 6) is 0.368. The van der Waals surface area contributed by atoms with Gasteiger partial charge in [0.2, 0.25) is 0 Å². The van der Waals surface area contributed by atoms with Crippen LogP contribution in [0.1, 0.15) is 62.5 Å². The van der Waals surface area contributed by atoms with Gasteiger partial charge in [-0.2, -0.15) is 0 Å². The normalized spacial score (nSPS) is 19.5. The lowest BCUT2D eigenvalue weighted by molar-refractivity contribution is -0.274. The van der Waals surface area contributed by atoms with Crippen LogP contribution in [0, 0.1) is 0 Å². The van der Waals surface area contributed by atoms with Crippen molar-refractivity contribution >= 4 is 23.3 Å². The molecule has 1 atom stereocenters. The number of nitrogens with zero attached hydrogens (tertiary/aromatic N) is 4. The minimum Gasteiger partial charge on any atom is -0.444 e. The van der Waals surface area contributed by atoms with Crippen molar-refractivity contribution in [3.63, 3.8) is 0 Å². The molecule has 3 aromatic rings. The standard InChI is InChI=1S/C28H28ClF3N4O3/c1-26(2,3)39-25(37)35-15-20-13-21(7-8-23(20)36-17-33-34-24(36)16-35)27(29)11-9-18(10-12-27)19-5-4-6-22(14-19)38-28(30,31)32/h4-9,13-14,17H,10-12,15-16H2,1-3H3. The molecule has 2 heterocycles. The third kappa shape index (κ3) is 6.06. The van der Waals surface area contributed by atoms with Crippen LogP contribution in [0.15, 0.2) is 54.9 Å². The number of allylic oxidation sites excluding steroid dienone is 2. The van der Waals surface area contributed by atoms with Crippen LogP contribution >= 0.6 is 11.6 Å². The summed E-state index contributed by atoms with van der Waals surface area (Å²) < 4.78 is 49.5. The van der Waals surface area contributed by atoms with Crippen LogP contribution in [0.4, 0.5) is 18.0 Å². The Hall–Kier alpha value is -3.53. The van der Waals surface area contributed by atoms with E-state index in [9.17, 15) is 18.0 Å². The molecular formula is C28H28ClF3N4O3. The number of halogens is 4. The van der Waals surface area contributed by atoms with E-state index in [1.54, 1.807) is 23.4 Å². The number of aromatic nitrogens is 3. The van der Waals surface area contributed by atoms with E-state index in [4.69, 9.17) is 16.3 Å². The number of benzene rings is 2. The number of amides is 1. The van der Waals surface area contributed by atoms with Gasteiger partial charge >= 0.3 is 12.5 Å². The van der Waals surface area contributed by atoms with Crippen LogP contribution in [0.5, 0.6) is 5.75 Å². The van der Waals surface area contributed by atoms with Crippen LogP contribution in [0.2, 0.25) is 0 Å². The van der Waals surface area contributed by atoms with E-state index in [-0.39, 0.29) is 12.3 Å². The van der Waals surface area contributed by atoms with Crippen LogP contribution in [0.25, 0.3) is 11.3 Å². The molecule has 7 nitrogen and oxygen atoms in total. The lowest BCUT2D eigenvalue weighted by atomic mass is 9.81. The van der Waals surface area contributed by atoms with Crippen LogP contribution in [-0.4, -0.2) is 37.7 Å². The maximum atomic E-state index is 13.0. The van der Waals surface area contributed by atoms with E-state index in [1.807, 2.05) is 49.6 Å². The highest BCUT2D eigenvalue weighted by Gasteiger charge is 2.35. The van der Waals surface area contributed by atoms with Crippen molar-refractivity contribution in [1.82, 2.24) is 19.7 Å². The Morgan fingerprint density at radius 2 is 1.90 bits per heavy atom. The van der Waals surface area contributed by atoms with Gasteiger partial charge in [0.15, 0.2) is 5.82 Å². The molecule has 1 aliphatic heterocycles. The Balaban J connectivity index is 1.41. The summed E-state index contributed by atoms with van der Waals surface area (Å²) >= 11 is 7.17. The van der Waals surface area contributed by atoms with Crippen molar-refractivity contribution in [3.8, 4) is 11.4 Å². The summed E-state index contributed by atoms with van der Waals surface area (Å²) in [6, 6.07) is 11.9. The molecule has 0 N–H and O–H groups in total. The third-order valence-electron chi connectivity index (χ3n) is 6.72. The number of carbonyl (C=O) groups is 1. The molecule has 1 unspecified atom stereocenters. The van der Waals surface area contributed by atoms with Gasteiger partial charge in [0.25, 0.3) is 0 Å². The second-order valence-electron chi connectivity index (χ2n) is 10.8. The monoisotopic (exact) mass is 560 g/mol. The fraction of sp³-hybridized carbons (Fsp3) is 0.393. The molecule has 1 aromatic heterocycles. The molecule has 0 bridgehead atoms. The Kier molecular flexibility index (Phi) is 6.86. The molecule has 206 valence electrons. The number of carbonyl (C=O) groups excluding carboxylic acids is 1. The second-order valence-corrected chi connectivity index (χ2v) is 11.5. The van der Waals surface area contributed by atoms with Gasteiger partial charge in [-0.15, -0.1) is 35.0 Å². The molecule has 11 heteroatoms. The zero-order valence-electron chi connectivity index (χ0n) is 21.8. The summed E-state index contributed by atoms with van der Waals surface area (Å²) in [5.41, 5.74) is 3.58. The van der Waals surface area contributed by atoms with Gasteiger partial charge in [-0.05, 0) is 80.5 Å². The number of fused-ring (bicyclic) bond motifs is 3. The van der Waals surface area contributed by atoms with Gasteiger partial charge in [0, 0.05) is 0 Å². The van der Waals surface area contributed by atoms with Gasteiger partial charge in [-0.3, -0.25) is 9.47 Å². The second kappa shape index (κ2) is 9.89. The Morgan fingerprint density at radius 3 is 2.59 bits per heavy atom. The molecule has 2 aliphatic rings. The van der Waals surface area contributed by atoms with Crippen molar-refractivity contribution in [2.75, 3.05) is 0 Å². The predicted octanol–water partition coefficient (Wildman–Crippen LogP) is 7.12. The van der Waals surface area contributed by atoms with Gasteiger partial charge in [0.1, 0.15) is 17.7 Å². The van der Waals surface area contributed by atoms with E-state index >= 15 is 0 Å². The molecular weight excluding hydrogens is 533 g/mol. The largest absolute Gasteiger partial charge is 0.573 e. The van der Waals surface area contributed by atoms with Gasteiger partial charge < -0.3 is 9.47 Å². The van der Waals surface area contributed by atoms with Crippen LogP contribution < -0.4 is 4.74 Å². The summed E-state index contributed by atoms with van der Waals surface area (Å²) in [5, 5.41) is 8.22. The van der Waals surface area contributed by atoms with E-state index < -0.39 is 22.9 Å². The molecule has 39 heavy (non-hydrogen) atoms. The molecule has 5 rings (SSSR count). The topological polar surface area (TPSA) is 69.5 Å². The van der Waals surface area contributed by atoms with Crippen molar-refractivity contribution in [2.45, 2.75) is 70.0 Å². The van der Waals surface area contributed by atoms with Gasteiger partial charge in [0.05, 0.1) is 23.7 Å². The number of hydrogen-bond acceptors (Lipinski definition) is 5. The number of alkyl halides is 4. The minimum atomic E-state index is -4.75. The average Bonchev–Trinajstić information content (AvgIpc) is 3.24. The smallest absolute Gasteiger partial charge is 0.444 e. The van der Waals surface area contributed by atoms with Crippen molar-refractivity contribution in [3.05, 3.63) is 77.4 Å². The fourth-order valence-corrected chi connectivity index (χ4v) is 5.21. The molecule has 0 saturated carbocycles. The van der Waals surface area contributed by atoms with Gasteiger partial charge in [-0.25, -0.2) is 4.79 Å². The van der Waals surface area contributed by atoms with E-state index in [0.717, 1.165) is 22.4 Å². The lowest BCUT2D eigenvalue weighted by Gasteiger charge is -2.32.